The molecular weight excluding hydrogens is 262 g/mol. The molecule has 0 aromatic carbocycles. The molecule has 5 nitrogen and oxygen atoms in total. The quantitative estimate of drug-likeness (QED) is 0.938. The summed E-state index contributed by atoms with van der Waals surface area (Å²) >= 11 is 0. The molecule has 21 heavy (non-hydrogen) atoms. The van der Waals surface area contributed by atoms with Crippen LogP contribution in [-0.2, 0) is 32.9 Å². The average Bonchev–Trinajstić information content (AvgIpc) is 2.84. The smallest absolute Gasteiger partial charge is 0.133 e. The summed E-state index contributed by atoms with van der Waals surface area (Å²) in [4.78, 5) is 9.21. The fourth-order valence-electron chi connectivity index (χ4n) is 3.07. The van der Waals surface area contributed by atoms with E-state index < -0.39 is 0 Å². The Kier molecular flexibility index (Phi) is 3.90. The normalized spacial score (nSPS) is 14.0. The summed E-state index contributed by atoms with van der Waals surface area (Å²) in [5.41, 5.74) is 4.96. The van der Waals surface area contributed by atoms with E-state index in [-0.39, 0.29) is 0 Å². The van der Waals surface area contributed by atoms with Gasteiger partial charge in [-0.15, -0.1) is 0 Å². The van der Waals surface area contributed by atoms with E-state index in [9.17, 15) is 0 Å². The van der Waals surface area contributed by atoms with E-state index in [1.807, 2.05) is 18.7 Å². The van der Waals surface area contributed by atoms with E-state index in [1.165, 1.54) is 29.7 Å². The number of hydrogen-bond acceptors (Lipinski definition) is 4. The van der Waals surface area contributed by atoms with Crippen LogP contribution in [0.25, 0.3) is 0 Å². The van der Waals surface area contributed by atoms with Crippen molar-refractivity contribution in [1.29, 1.82) is 0 Å². The molecule has 5 heteroatoms. The van der Waals surface area contributed by atoms with Crippen LogP contribution in [0.2, 0.25) is 0 Å². The standard InChI is InChI=1S/C16H23N5/c1-4-14-12(10-21(3)20-14)9-17-16-13-7-5-6-8-15(13)18-11(2)19-16/h10H,4-9H2,1-3H3,(H,17,18,19). The van der Waals surface area contributed by atoms with Crippen molar-refractivity contribution in [2.24, 2.45) is 7.05 Å². The third-order valence-electron chi connectivity index (χ3n) is 4.07. The summed E-state index contributed by atoms with van der Waals surface area (Å²) in [6, 6.07) is 0. The lowest BCUT2D eigenvalue weighted by atomic mass is 9.96. The summed E-state index contributed by atoms with van der Waals surface area (Å²) < 4.78 is 1.89. The van der Waals surface area contributed by atoms with Crippen molar-refractivity contribution in [1.82, 2.24) is 19.7 Å². The molecule has 1 N–H and O–H groups in total. The third kappa shape index (κ3) is 2.91. The molecule has 1 aliphatic rings. The summed E-state index contributed by atoms with van der Waals surface area (Å²) in [5.74, 6) is 1.88. The van der Waals surface area contributed by atoms with Gasteiger partial charge in [0.25, 0.3) is 0 Å². The van der Waals surface area contributed by atoms with Gasteiger partial charge in [0, 0.05) is 36.6 Å². The van der Waals surface area contributed by atoms with Gasteiger partial charge >= 0.3 is 0 Å². The van der Waals surface area contributed by atoms with Gasteiger partial charge in [-0.05, 0) is 39.0 Å². The van der Waals surface area contributed by atoms with Gasteiger partial charge in [-0.2, -0.15) is 5.10 Å². The van der Waals surface area contributed by atoms with E-state index in [0.717, 1.165) is 43.1 Å². The van der Waals surface area contributed by atoms with Crippen LogP contribution in [0.15, 0.2) is 6.20 Å². The average molecular weight is 285 g/mol. The highest BCUT2D eigenvalue weighted by Gasteiger charge is 2.17. The molecular formula is C16H23N5. The number of anilines is 1. The molecule has 2 heterocycles. The van der Waals surface area contributed by atoms with Crippen LogP contribution in [0, 0.1) is 6.92 Å². The van der Waals surface area contributed by atoms with Crippen LogP contribution >= 0.6 is 0 Å². The number of rotatable bonds is 4. The molecule has 0 bridgehead atoms. The maximum absolute atomic E-state index is 4.61. The van der Waals surface area contributed by atoms with Crippen LogP contribution in [0.4, 0.5) is 5.82 Å². The Morgan fingerprint density at radius 3 is 2.86 bits per heavy atom. The molecule has 0 fully saturated rings. The van der Waals surface area contributed by atoms with Gasteiger partial charge in [0.15, 0.2) is 0 Å². The predicted octanol–water partition coefficient (Wildman–Crippen LogP) is 2.57. The minimum Gasteiger partial charge on any atom is -0.366 e. The maximum Gasteiger partial charge on any atom is 0.133 e. The molecule has 0 saturated heterocycles. The lowest BCUT2D eigenvalue weighted by Crippen LogP contribution is -2.14. The zero-order valence-electron chi connectivity index (χ0n) is 13.1. The van der Waals surface area contributed by atoms with E-state index in [4.69, 9.17) is 0 Å². The van der Waals surface area contributed by atoms with Gasteiger partial charge in [0.1, 0.15) is 11.6 Å². The van der Waals surface area contributed by atoms with Crippen LogP contribution < -0.4 is 5.32 Å². The fraction of sp³-hybridized carbons (Fsp3) is 0.562. The first-order chi connectivity index (χ1) is 10.2. The Labute approximate surface area is 125 Å². The second-order valence-corrected chi connectivity index (χ2v) is 5.73. The minimum absolute atomic E-state index is 0.778. The zero-order chi connectivity index (χ0) is 14.8. The molecule has 112 valence electrons. The molecule has 0 saturated carbocycles. The van der Waals surface area contributed by atoms with Crippen LogP contribution in [0.1, 0.15) is 48.1 Å². The van der Waals surface area contributed by atoms with Crippen molar-refractivity contribution < 1.29 is 0 Å². The van der Waals surface area contributed by atoms with E-state index in [0.29, 0.717) is 0 Å². The van der Waals surface area contributed by atoms with E-state index in [1.54, 1.807) is 0 Å². The van der Waals surface area contributed by atoms with Gasteiger partial charge in [-0.3, -0.25) is 4.68 Å². The van der Waals surface area contributed by atoms with Gasteiger partial charge in [-0.1, -0.05) is 6.92 Å². The Balaban J connectivity index is 1.83. The van der Waals surface area contributed by atoms with Crippen molar-refractivity contribution in [3.63, 3.8) is 0 Å². The maximum atomic E-state index is 4.61. The Bertz CT molecular complexity index is 644. The van der Waals surface area contributed by atoms with Gasteiger partial charge < -0.3 is 5.32 Å². The summed E-state index contributed by atoms with van der Waals surface area (Å²) in [6.45, 7) is 4.89. The van der Waals surface area contributed by atoms with Crippen LogP contribution in [0.5, 0.6) is 0 Å². The number of nitrogens with one attached hydrogen (secondary N) is 1. The molecule has 2 aromatic rings. The van der Waals surface area contributed by atoms with Gasteiger partial charge in [0.05, 0.1) is 5.69 Å². The first-order valence-electron chi connectivity index (χ1n) is 7.79. The second-order valence-electron chi connectivity index (χ2n) is 5.73. The monoisotopic (exact) mass is 285 g/mol. The summed E-state index contributed by atoms with van der Waals surface area (Å²) in [5, 5.41) is 8.00. The van der Waals surface area contributed by atoms with E-state index in [2.05, 4.69) is 33.5 Å². The van der Waals surface area contributed by atoms with Crippen molar-refractivity contribution in [2.45, 2.75) is 52.5 Å². The van der Waals surface area contributed by atoms with Crippen molar-refractivity contribution in [2.75, 3.05) is 5.32 Å². The largest absolute Gasteiger partial charge is 0.366 e. The lowest BCUT2D eigenvalue weighted by molar-refractivity contribution is 0.659. The predicted molar refractivity (Wildman–Crippen MR) is 83.3 cm³/mol. The molecule has 0 unspecified atom stereocenters. The highest BCUT2D eigenvalue weighted by atomic mass is 15.3. The fourth-order valence-corrected chi connectivity index (χ4v) is 3.07. The summed E-state index contributed by atoms with van der Waals surface area (Å²) in [6.07, 6.45) is 7.70. The molecule has 3 rings (SSSR count). The highest BCUT2D eigenvalue weighted by Crippen LogP contribution is 2.25. The van der Waals surface area contributed by atoms with Crippen molar-refractivity contribution >= 4 is 5.82 Å². The topological polar surface area (TPSA) is 55.6 Å². The molecule has 1 aliphatic carbocycles. The lowest BCUT2D eigenvalue weighted by Gasteiger charge is -2.19. The molecule has 0 spiro atoms. The Morgan fingerprint density at radius 2 is 2.05 bits per heavy atom. The highest BCUT2D eigenvalue weighted by molar-refractivity contribution is 5.48. The Hall–Kier alpha value is -1.91. The third-order valence-corrected chi connectivity index (χ3v) is 4.07. The minimum atomic E-state index is 0.778. The SMILES string of the molecule is CCc1nn(C)cc1CNc1nc(C)nc2c1CCCC2. The number of nitrogens with zero attached hydrogens (tertiary/aromatic N) is 4. The van der Waals surface area contributed by atoms with Crippen LogP contribution in [-0.4, -0.2) is 19.7 Å². The molecule has 2 aromatic heterocycles. The number of aromatic nitrogens is 4. The van der Waals surface area contributed by atoms with Crippen LogP contribution in [0.3, 0.4) is 0 Å². The summed E-state index contributed by atoms with van der Waals surface area (Å²) in [7, 11) is 1.97. The molecule has 0 amide bonds. The zero-order valence-corrected chi connectivity index (χ0v) is 13.1. The van der Waals surface area contributed by atoms with Crippen molar-refractivity contribution in [3.8, 4) is 0 Å². The Morgan fingerprint density at radius 1 is 1.24 bits per heavy atom. The van der Waals surface area contributed by atoms with E-state index >= 15 is 0 Å². The number of fused-ring (bicyclic) bond motifs is 1. The van der Waals surface area contributed by atoms with Gasteiger partial charge in [-0.25, -0.2) is 9.97 Å². The molecule has 0 radical (unpaired) electrons. The first kappa shape index (κ1) is 14.0. The van der Waals surface area contributed by atoms with Crippen molar-refractivity contribution in [3.05, 3.63) is 34.5 Å². The number of aryl methyl sites for hydroxylation is 4. The number of hydrogen-bond donors (Lipinski definition) is 1. The second kappa shape index (κ2) is 5.84. The first-order valence-corrected chi connectivity index (χ1v) is 7.79. The molecule has 0 atom stereocenters. The molecule has 0 aliphatic heterocycles. The van der Waals surface area contributed by atoms with Gasteiger partial charge in [0.2, 0.25) is 0 Å².